The first-order valence-electron chi connectivity index (χ1n) is 9.31. The molecule has 0 saturated carbocycles. The Bertz CT molecular complexity index is 1130. The van der Waals surface area contributed by atoms with E-state index < -0.39 is 23.5 Å². The zero-order valence-corrected chi connectivity index (χ0v) is 16.5. The van der Waals surface area contributed by atoms with Gasteiger partial charge in [-0.15, -0.1) is 0 Å². The molecule has 1 aliphatic heterocycles. The number of ether oxygens (including phenoxy) is 2. The lowest BCUT2D eigenvalue weighted by atomic mass is 9.96. The first-order valence-corrected chi connectivity index (χ1v) is 9.31. The first-order chi connectivity index (χ1) is 14.6. The molecule has 8 heteroatoms. The highest BCUT2D eigenvalue weighted by Crippen LogP contribution is 2.39. The molecule has 30 heavy (non-hydrogen) atoms. The van der Waals surface area contributed by atoms with Gasteiger partial charge in [0.25, 0.3) is 5.91 Å². The molecule has 1 aromatic carbocycles. The molecular formula is C22H20N2O6. The van der Waals surface area contributed by atoms with E-state index in [0.717, 1.165) is 0 Å². The van der Waals surface area contributed by atoms with Gasteiger partial charge in [-0.1, -0.05) is 18.2 Å². The lowest BCUT2D eigenvalue weighted by Gasteiger charge is -2.26. The number of aliphatic hydroxyl groups excluding tert-OH is 1. The number of carbonyl (C=O) groups is 2. The van der Waals surface area contributed by atoms with Crippen molar-refractivity contribution >= 4 is 22.7 Å². The smallest absolute Gasteiger partial charge is 0.290 e. The van der Waals surface area contributed by atoms with Crippen molar-refractivity contribution in [3.8, 4) is 5.75 Å². The summed E-state index contributed by atoms with van der Waals surface area (Å²) in [4.78, 5) is 31.6. The SMILES string of the molecule is COCCN1C(=O)C(O)=C(C(=O)c2cc3cccc(OC)c3o2)C1c1cccnc1. The fourth-order valence-electron chi connectivity index (χ4n) is 3.63. The Labute approximate surface area is 172 Å². The van der Waals surface area contributed by atoms with Crippen molar-refractivity contribution < 1.29 is 28.6 Å². The van der Waals surface area contributed by atoms with Crippen LogP contribution in [0.1, 0.15) is 22.2 Å². The van der Waals surface area contributed by atoms with E-state index in [9.17, 15) is 14.7 Å². The minimum absolute atomic E-state index is 0.00586. The number of benzene rings is 1. The molecule has 0 bridgehead atoms. The molecule has 0 fully saturated rings. The number of amides is 1. The summed E-state index contributed by atoms with van der Waals surface area (Å²) in [5.74, 6) is -1.33. The number of para-hydroxylation sites is 1. The standard InChI is InChI=1S/C22H20N2O6/c1-28-10-9-24-18(14-6-4-8-23-12-14)17(20(26)22(24)27)19(25)16-11-13-5-3-7-15(29-2)21(13)30-16/h3-8,11-12,18,26H,9-10H2,1-2H3. The van der Waals surface area contributed by atoms with Gasteiger partial charge in [-0.2, -0.15) is 0 Å². The van der Waals surface area contributed by atoms with E-state index in [2.05, 4.69) is 4.98 Å². The number of hydrogen-bond acceptors (Lipinski definition) is 7. The lowest BCUT2D eigenvalue weighted by molar-refractivity contribution is -0.130. The maximum Gasteiger partial charge on any atom is 0.290 e. The van der Waals surface area contributed by atoms with Crippen LogP contribution < -0.4 is 4.74 Å². The summed E-state index contributed by atoms with van der Waals surface area (Å²) in [7, 11) is 3.02. The number of methoxy groups -OCH3 is 2. The van der Waals surface area contributed by atoms with Crippen LogP contribution in [0.5, 0.6) is 5.75 Å². The number of Topliss-reactive ketones (excluding diaryl/α,β-unsaturated/α-hetero) is 1. The third kappa shape index (κ3) is 3.21. The fourth-order valence-corrected chi connectivity index (χ4v) is 3.63. The van der Waals surface area contributed by atoms with Crippen molar-refractivity contribution in [2.75, 3.05) is 27.4 Å². The summed E-state index contributed by atoms with van der Waals surface area (Å²) in [6.07, 6.45) is 3.15. The number of aromatic nitrogens is 1. The lowest BCUT2D eigenvalue weighted by Crippen LogP contribution is -2.34. The molecule has 154 valence electrons. The van der Waals surface area contributed by atoms with Gasteiger partial charge in [-0.25, -0.2) is 0 Å². The molecule has 1 unspecified atom stereocenters. The van der Waals surface area contributed by atoms with E-state index in [1.807, 2.05) is 0 Å². The summed E-state index contributed by atoms with van der Waals surface area (Å²) in [6.45, 7) is 0.447. The molecule has 2 aromatic heterocycles. The average molecular weight is 408 g/mol. The minimum Gasteiger partial charge on any atom is -0.503 e. The molecule has 3 heterocycles. The van der Waals surface area contributed by atoms with Gasteiger partial charge in [-0.05, 0) is 23.8 Å². The van der Waals surface area contributed by atoms with Crippen LogP contribution in [-0.4, -0.2) is 54.1 Å². The summed E-state index contributed by atoms with van der Waals surface area (Å²) >= 11 is 0. The molecule has 1 atom stereocenters. The van der Waals surface area contributed by atoms with Crippen molar-refractivity contribution in [1.29, 1.82) is 0 Å². The maximum absolute atomic E-state index is 13.4. The van der Waals surface area contributed by atoms with E-state index in [-0.39, 0.29) is 24.5 Å². The van der Waals surface area contributed by atoms with Crippen LogP contribution >= 0.6 is 0 Å². The number of furan rings is 1. The molecule has 4 rings (SSSR count). The Morgan fingerprint density at radius 1 is 1.27 bits per heavy atom. The third-order valence-corrected chi connectivity index (χ3v) is 5.04. The largest absolute Gasteiger partial charge is 0.503 e. The number of hydrogen-bond donors (Lipinski definition) is 1. The minimum atomic E-state index is -0.802. The van der Waals surface area contributed by atoms with Crippen molar-refractivity contribution in [1.82, 2.24) is 9.88 Å². The van der Waals surface area contributed by atoms with E-state index >= 15 is 0 Å². The number of pyridine rings is 1. The fraction of sp³-hybridized carbons (Fsp3) is 0.227. The van der Waals surface area contributed by atoms with E-state index in [0.29, 0.717) is 22.3 Å². The number of nitrogens with zero attached hydrogens (tertiary/aromatic N) is 2. The molecule has 8 nitrogen and oxygen atoms in total. The quantitative estimate of drug-likeness (QED) is 0.600. The van der Waals surface area contributed by atoms with Crippen LogP contribution in [0.25, 0.3) is 11.0 Å². The van der Waals surface area contributed by atoms with Gasteiger partial charge in [0, 0.05) is 31.4 Å². The highest BCUT2D eigenvalue weighted by molar-refractivity contribution is 6.16. The van der Waals surface area contributed by atoms with Crippen LogP contribution in [0.3, 0.4) is 0 Å². The van der Waals surface area contributed by atoms with Crippen molar-refractivity contribution in [3.63, 3.8) is 0 Å². The predicted octanol–water partition coefficient (Wildman–Crippen LogP) is 3.06. The second-order valence-electron chi connectivity index (χ2n) is 6.76. The molecule has 1 N–H and O–H groups in total. The second kappa shape index (κ2) is 8.00. The van der Waals surface area contributed by atoms with Gasteiger partial charge in [0.15, 0.2) is 22.9 Å². The van der Waals surface area contributed by atoms with E-state index in [1.165, 1.54) is 19.1 Å². The molecule has 3 aromatic rings. The van der Waals surface area contributed by atoms with Crippen LogP contribution in [0.15, 0.2) is 64.5 Å². The first kappa shape index (κ1) is 19.7. The molecule has 1 amide bonds. The Morgan fingerprint density at radius 3 is 2.80 bits per heavy atom. The summed E-state index contributed by atoms with van der Waals surface area (Å²) in [5, 5.41) is 11.3. The topological polar surface area (TPSA) is 102 Å². The maximum atomic E-state index is 13.4. The molecule has 0 spiro atoms. The van der Waals surface area contributed by atoms with Crippen molar-refractivity contribution in [2.45, 2.75) is 6.04 Å². The Morgan fingerprint density at radius 2 is 2.10 bits per heavy atom. The number of carbonyl (C=O) groups excluding carboxylic acids is 2. The van der Waals surface area contributed by atoms with Crippen LogP contribution in [0.4, 0.5) is 0 Å². The predicted molar refractivity (Wildman–Crippen MR) is 107 cm³/mol. The van der Waals surface area contributed by atoms with Gasteiger partial charge >= 0.3 is 0 Å². The number of ketones is 1. The Balaban J connectivity index is 1.80. The van der Waals surface area contributed by atoms with Gasteiger partial charge in [0.05, 0.1) is 25.3 Å². The normalized spacial score (nSPS) is 16.5. The monoisotopic (exact) mass is 408 g/mol. The van der Waals surface area contributed by atoms with Gasteiger partial charge in [0.2, 0.25) is 5.78 Å². The van der Waals surface area contributed by atoms with Gasteiger partial charge in [0.1, 0.15) is 0 Å². The third-order valence-electron chi connectivity index (χ3n) is 5.04. The Hall–Kier alpha value is -3.65. The van der Waals surface area contributed by atoms with E-state index in [1.54, 1.807) is 48.8 Å². The summed E-state index contributed by atoms with van der Waals surface area (Å²) in [6, 6.07) is 9.52. The molecular weight excluding hydrogens is 388 g/mol. The summed E-state index contributed by atoms with van der Waals surface area (Å²) in [5.41, 5.74) is 0.965. The van der Waals surface area contributed by atoms with Gasteiger partial charge in [-0.3, -0.25) is 14.6 Å². The second-order valence-corrected chi connectivity index (χ2v) is 6.76. The zero-order chi connectivity index (χ0) is 21.3. The van der Waals surface area contributed by atoms with Crippen LogP contribution in [0, 0.1) is 0 Å². The van der Waals surface area contributed by atoms with Crippen LogP contribution in [0.2, 0.25) is 0 Å². The summed E-state index contributed by atoms with van der Waals surface area (Å²) < 4.78 is 16.1. The average Bonchev–Trinajstić information content (AvgIpc) is 3.32. The van der Waals surface area contributed by atoms with Gasteiger partial charge < -0.3 is 23.9 Å². The molecule has 0 saturated heterocycles. The number of rotatable bonds is 7. The van der Waals surface area contributed by atoms with E-state index in [4.69, 9.17) is 13.9 Å². The zero-order valence-electron chi connectivity index (χ0n) is 16.5. The molecule has 0 aliphatic carbocycles. The highest BCUT2D eigenvalue weighted by Gasteiger charge is 2.44. The van der Waals surface area contributed by atoms with Crippen molar-refractivity contribution in [2.24, 2.45) is 0 Å². The number of aliphatic hydroxyl groups is 1. The molecule has 1 aliphatic rings. The van der Waals surface area contributed by atoms with Crippen LogP contribution in [-0.2, 0) is 9.53 Å². The molecule has 0 radical (unpaired) electrons. The highest BCUT2D eigenvalue weighted by atomic mass is 16.5. The Kier molecular flexibility index (Phi) is 5.24. The van der Waals surface area contributed by atoms with Crippen molar-refractivity contribution in [3.05, 3.63) is 71.4 Å². The number of fused-ring (bicyclic) bond motifs is 1.